The van der Waals surface area contributed by atoms with E-state index in [9.17, 15) is 0 Å². The van der Waals surface area contributed by atoms with Gasteiger partial charge in [-0.3, -0.25) is 4.98 Å². The van der Waals surface area contributed by atoms with Crippen molar-refractivity contribution >= 4 is 21.6 Å². The number of aromatic nitrogens is 1. The first-order chi connectivity index (χ1) is 8.38. The van der Waals surface area contributed by atoms with Gasteiger partial charge in [0.05, 0.1) is 10.2 Å². The van der Waals surface area contributed by atoms with Gasteiger partial charge in [0.1, 0.15) is 0 Å². The fourth-order valence-electron chi connectivity index (χ4n) is 2.32. The molecule has 0 spiro atoms. The predicted octanol–water partition coefficient (Wildman–Crippen LogP) is 3.75. The summed E-state index contributed by atoms with van der Waals surface area (Å²) in [5, 5.41) is 5.79. The summed E-state index contributed by atoms with van der Waals surface area (Å²) >= 11 is 1.78. The van der Waals surface area contributed by atoms with Gasteiger partial charge in [-0.15, -0.1) is 11.3 Å². The van der Waals surface area contributed by atoms with Gasteiger partial charge in [-0.2, -0.15) is 0 Å². The first-order valence-electron chi connectivity index (χ1n) is 6.45. The minimum atomic E-state index is 0.522. The molecule has 1 atom stereocenters. The van der Waals surface area contributed by atoms with Crippen LogP contribution in [-0.4, -0.2) is 11.5 Å². The molecule has 3 rings (SSSR count). The van der Waals surface area contributed by atoms with Gasteiger partial charge in [0.15, 0.2) is 0 Å². The number of hydrogen-bond donors (Lipinski definition) is 1. The normalized spacial score (nSPS) is 17.5. The van der Waals surface area contributed by atoms with E-state index in [4.69, 9.17) is 0 Å². The van der Waals surface area contributed by atoms with Crippen LogP contribution < -0.4 is 5.32 Å². The van der Waals surface area contributed by atoms with Crippen LogP contribution in [0.4, 0.5) is 0 Å². The number of hydrogen-bond acceptors (Lipinski definition) is 3. The van der Waals surface area contributed by atoms with Crippen molar-refractivity contribution in [3.8, 4) is 0 Å². The van der Waals surface area contributed by atoms with Crippen LogP contribution in [-0.2, 0) is 0 Å². The highest BCUT2D eigenvalue weighted by atomic mass is 32.1. The van der Waals surface area contributed by atoms with Crippen LogP contribution in [0.15, 0.2) is 23.7 Å². The Morgan fingerprint density at radius 3 is 3.18 bits per heavy atom. The standard InChI is InChI=1S/C14H18N2S/c1-2-6-15-14(10-3-4-10)11-8-13-12(16-9-11)5-7-17-13/h5,7-10,14-15H,2-4,6H2,1H3. The Labute approximate surface area is 106 Å². The molecule has 1 fully saturated rings. The summed E-state index contributed by atoms with van der Waals surface area (Å²) in [7, 11) is 0. The first kappa shape index (κ1) is 11.2. The summed E-state index contributed by atoms with van der Waals surface area (Å²) in [6.07, 6.45) is 5.98. The number of rotatable bonds is 5. The van der Waals surface area contributed by atoms with E-state index in [1.165, 1.54) is 29.5 Å². The van der Waals surface area contributed by atoms with Gasteiger partial charge >= 0.3 is 0 Å². The molecule has 2 heterocycles. The van der Waals surface area contributed by atoms with Gasteiger partial charge in [-0.05, 0) is 54.8 Å². The Morgan fingerprint density at radius 1 is 1.53 bits per heavy atom. The van der Waals surface area contributed by atoms with Crippen molar-refractivity contribution in [2.75, 3.05) is 6.54 Å². The Kier molecular flexibility index (Phi) is 3.12. The van der Waals surface area contributed by atoms with Crippen molar-refractivity contribution in [1.29, 1.82) is 0 Å². The second kappa shape index (κ2) is 4.75. The van der Waals surface area contributed by atoms with Crippen molar-refractivity contribution in [2.45, 2.75) is 32.2 Å². The van der Waals surface area contributed by atoms with E-state index < -0.39 is 0 Å². The minimum Gasteiger partial charge on any atom is -0.310 e. The van der Waals surface area contributed by atoms with Gasteiger partial charge in [0, 0.05) is 12.2 Å². The van der Waals surface area contributed by atoms with Gasteiger partial charge < -0.3 is 5.32 Å². The quantitative estimate of drug-likeness (QED) is 0.869. The molecule has 2 aromatic heterocycles. The summed E-state index contributed by atoms with van der Waals surface area (Å²) < 4.78 is 1.31. The molecule has 1 aliphatic rings. The summed E-state index contributed by atoms with van der Waals surface area (Å²) in [6.45, 7) is 3.32. The van der Waals surface area contributed by atoms with Crippen LogP contribution in [0, 0.1) is 5.92 Å². The number of fused-ring (bicyclic) bond motifs is 1. The lowest BCUT2D eigenvalue weighted by atomic mass is 10.0. The van der Waals surface area contributed by atoms with Gasteiger partial charge in [-0.25, -0.2) is 0 Å². The van der Waals surface area contributed by atoms with Crippen molar-refractivity contribution in [3.63, 3.8) is 0 Å². The van der Waals surface area contributed by atoms with Crippen LogP contribution in [0.3, 0.4) is 0 Å². The number of nitrogens with zero attached hydrogens (tertiary/aromatic N) is 1. The summed E-state index contributed by atoms with van der Waals surface area (Å²) in [5.41, 5.74) is 2.50. The van der Waals surface area contributed by atoms with Crippen LogP contribution in [0.5, 0.6) is 0 Å². The molecule has 90 valence electrons. The van der Waals surface area contributed by atoms with Gasteiger partial charge in [0.2, 0.25) is 0 Å². The van der Waals surface area contributed by atoms with E-state index in [1.54, 1.807) is 11.3 Å². The van der Waals surface area contributed by atoms with Crippen molar-refractivity contribution in [3.05, 3.63) is 29.3 Å². The lowest BCUT2D eigenvalue weighted by Crippen LogP contribution is -2.23. The van der Waals surface area contributed by atoms with Crippen LogP contribution >= 0.6 is 11.3 Å². The number of thiophene rings is 1. The maximum Gasteiger partial charge on any atom is 0.0809 e. The Morgan fingerprint density at radius 2 is 2.41 bits per heavy atom. The molecule has 0 saturated heterocycles. The molecular formula is C14H18N2S. The van der Waals surface area contributed by atoms with E-state index in [-0.39, 0.29) is 0 Å². The smallest absolute Gasteiger partial charge is 0.0809 e. The van der Waals surface area contributed by atoms with Crippen LogP contribution in [0.25, 0.3) is 10.2 Å². The van der Waals surface area contributed by atoms with E-state index in [0.29, 0.717) is 6.04 Å². The Hall–Kier alpha value is -0.930. The number of nitrogens with one attached hydrogen (secondary N) is 1. The molecular weight excluding hydrogens is 228 g/mol. The monoisotopic (exact) mass is 246 g/mol. The lowest BCUT2D eigenvalue weighted by molar-refractivity contribution is 0.480. The van der Waals surface area contributed by atoms with Crippen LogP contribution in [0.1, 0.15) is 37.8 Å². The zero-order valence-electron chi connectivity index (χ0n) is 10.1. The molecule has 2 nitrogen and oxygen atoms in total. The fraction of sp³-hybridized carbons (Fsp3) is 0.500. The minimum absolute atomic E-state index is 0.522. The lowest BCUT2D eigenvalue weighted by Gasteiger charge is -2.18. The molecule has 0 bridgehead atoms. The SMILES string of the molecule is CCCNC(c1cnc2ccsc2c1)C1CC1. The van der Waals surface area contributed by atoms with Gasteiger partial charge in [0.25, 0.3) is 0 Å². The average molecular weight is 246 g/mol. The Balaban J connectivity index is 1.87. The largest absolute Gasteiger partial charge is 0.310 e. The van der Waals surface area contributed by atoms with E-state index >= 15 is 0 Å². The van der Waals surface area contributed by atoms with E-state index in [2.05, 4.69) is 40.9 Å². The van der Waals surface area contributed by atoms with Crippen molar-refractivity contribution in [2.24, 2.45) is 5.92 Å². The third-order valence-electron chi connectivity index (χ3n) is 3.39. The second-order valence-electron chi connectivity index (χ2n) is 4.84. The third-order valence-corrected chi connectivity index (χ3v) is 4.24. The molecule has 1 N–H and O–H groups in total. The summed E-state index contributed by atoms with van der Waals surface area (Å²) in [4.78, 5) is 4.55. The molecule has 1 saturated carbocycles. The number of pyridine rings is 1. The third kappa shape index (κ3) is 2.35. The average Bonchev–Trinajstić information content (AvgIpc) is 3.07. The molecule has 0 aliphatic heterocycles. The highest BCUT2D eigenvalue weighted by molar-refractivity contribution is 7.17. The first-order valence-corrected chi connectivity index (χ1v) is 7.33. The molecule has 0 amide bonds. The zero-order chi connectivity index (χ0) is 11.7. The topological polar surface area (TPSA) is 24.9 Å². The molecule has 1 aliphatic carbocycles. The Bertz CT molecular complexity index is 502. The molecule has 17 heavy (non-hydrogen) atoms. The van der Waals surface area contributed by atoms with Crippen molar-refractivity contribution in [1.82, 2.24) is 10.3 Å². The van der Waals surface area contributed by atoms with E-state index in [0.717, 1.165) is 18.0 Å². The van der Waals surface area contributed by atoms with Crippen LogP contribution in [0.2, 0.25) is 0 Å². The molecule has 0 aromatic carbocycles. The van der Waals surface area contributed by atoms with Crippen molar-refractivity contribution < 1.29 is 0 Å². The highest BCUT2D eigenvalue weighted by Gasteiger charge is 2.32. The molecule has 3 heteroatoms. The molecule has 0 radical (unpaired) electrons. The predicted molar refractivity (Wildman–Crippen MR) is 73.4 cm³/mol. The second-order valence-corrected chi connectivity index (χ2v) is 5.79. The fourth-order valence-corrected chi connectivity index (χ4v) is 3.11. The summed E-state index contributed by atoms with van der Waals surface area (Å²) in [5.74, 6) is 0.834. The van der Waals surface area contributed by atoms with Gasteiger partial charge in [-0.1, -0.05) is 6.92 Å². The summed E-state index contributed by atoms with van der Waals surface area (Å²) in [6, 6.07) is 4.93. The highest BCUT2D eigenvalue weighted by Crippen LogP contribution is 2.41. The maximum atomic E-state index is 4.55. The van der Waals surface area contributed by atoms with E-state index in [1.807, 2.05) is 0 Å². The molecule has 2 aromatic rings. The molecule has 1 unspecified atom stereocenters. The maximum absolute atomic E-state index is 4.55. The zero-order valence-corrected chi connectivity index (χ0v) is 11.0.